The van der Waals surface area contributed by atoms with Crippen LogP contribution in [0.5, 0.6) is 0 Å². The fraction of sp³-hybridized carbons (Fsp3) is 0.429. The molecular formula is C14H17ClN2O3. The van der Waals surface area contributed by atoms with Crippen molar-refractivity contribution < 1.29 is 14.7 Å². The van der Waals surface area contributed by atoms with Gasteiger partial charge >= 0.3 is 12.0 Å². The fourth-order valence-corrected chi connectivity index (χ4v) is 2.76. The molecule has 2 amide bonds. The van der Waals surface area contributed by atoms with E-state index in [2.05, 4.69) is 5.32 Å². The third-order valence-corrected chi connectivity index (χ3v) is 3.98. The van der Waals surface area contributed by atoms with Crippen molar-refractivity contribution in [2.45, 2.75) is 31.7 Å². The molecule has 0 unspecified atom stereocenters. The van der Waals surface area contributed by atoms with E-state index in [1.807, 2.05) is 0 Å². The molecule has 0 aromatic heterocycles. The van der Waals surface area contributed by atoms with Gasteiger partial charge in [0.1, 0.15) is 5.56 Å². The van der Waals surface area contributed by atoms with Crippen molar-refractivity contribution >= 4 is 29.3 Å². The largest absolute Gasteiger partial charge is 0.478 e. The first-order valence-electron chi connectivity index (χ1n) is 6.56. The lowest BCUT2D eigenvalue weighted by Gasteiger charge is -2.25. The van der Waals surface area contributed by atoms with Gasteiger partial charge in [-0.1, -0.05) is 30.5 Å². The summed E-state index contributed by atoms with van der Waals surface area (Å²) in [5.74, 6) is -1.16. The van der Waals surface area contributed by atoms with Gasteiger partial charge in [0, 0.05) is 13.1 Å². The van der Waals surface area contributed by atoms with Crippen LogP contribution in [0.4, 0.5) is 10.5 Å². The molecular weight excluding hydrogens is 280 g/mol. The second-order valence-corrected chi connectivity index (χ2v) is 5.35. The van der Waals surface area contributed by atoms with Crippen LogP contribution in [-0.2, 0) is 0 Å². The Balaban J connectivity index is 2.15. The van der Waals surface area contributed by atoms with E-state index < -0.39 is 5.97 Å². The number of carbonyl (C=O) groups is 2. The molecule has 5 nitrogen and oxygen atoms in total. The molecule has 0 heterocycles. The zero-order valence-corrected chi connectivity index (χ0v) is 12.0. The molecule has 0 saturated heterocycles. The summed E-state index contributed by atoms with van der Waals surface area (Å²) >= 11 is 5.87. The second kappa shape index (κ2) is 6.13. The third kappa shape index (κ3) is 3.04. The number of carboxylic acids is 1. The molecule has 0 radical (unpaired) electrons. The zero-order valence-electron chi connectivity index (χ0n) is 11.2. The van der Waals surface area contributed by atoms with Gasteiger partial charge in [-0.25, -0.2) is 9.59 Å². The van der Waals surface area contributed by atoms with Crippen LogP contribution in [0.3, 0.4) is 0 Å². The first-order chi connectivity index (χ1) is 9.50. The summed E-state index contributed by atoms with van der Waals surface area (Å²) in [6.45, 7) is 0. The van der Waals surface area contributed by atoms with Gasteiger partial charge in [-0.3, -0.25) is 0 Å². The van der Waals surface area contributed by atoms with E-state index in [-0.39, 0.29) is 28.3 Å². The van der Waals surface area contributed by atoms with Crippen LogP contribution < -0.4 is 5.32 Å². The molecule has 0 atom stereocenters. The van der Waals surface area contributed by atoms with Crippen molar-refractivity contribution in [1.29, 1.82) is 0 Å². The lowest BCUT2D eigenvalue weighted by atomic mass is 10.1. The Morgan fingerprint density at radius 1 is 1.35 bits per heavy atom. The number of carbonyl (C=O) groups excluding carboxylic acids is 1. The fourth-order valence-electron chi connectivity index (χ4n) is 2.51. The molecule has 1 fully saturated rings. The highest BCUT2D eigenvalue weighted by atomic mass is 35.5. The Bertz CT molecular complexity index is 527. The monoisotopic (exact) mass is 296 g/mol. The predicted molar refractivity (Wildman–Crippen MR) is 77.4 cm³/mol. The number of amides is 2. The minimum absolute atomic E-state index is 0.0812. The number of aromatic carboxylic acids is 1. The number of rotatable bonds is 3. The summed E-state index contributed by atoms with van der Waals surface area (Å²) in [4.78, 5) is 25.0. The van der Waals surface area contributed by atoms with E-state index >= 15 is 0 Å². The number of nitrogens with one attached hydrogen (secondary N) is 1. The summed E-state index contributed by atoms with van der Waals surface area (Å²) in [7, 11) is 1.73. The molecule has 0 spiro atoms. The van der Waals surface area contributed by atoms with Gasteiger partial charge in [0.25, 0.3) is 0 Å². The molecule has 20 heavy (non-hydrogen) atoms. The molecule has 1 saturated carbocycles. The number of halogens is 1. The molecule has 6 heteroatoms. The standard InChI is InChI=1S/C14H17ClN2O3/c1-17(9-5-2-3-6-9)14(20)16-11-8-4-7-10(15)12(11)13(18)19/h4,7-9H,2-3,5-6H2,1H3,(H,16,20)(H,18,19). The van der Waals surface area contributed by atoms with Crippen LogP contribution in [0, 0.1) is 0 Å². The van der Waals surface area contributed by atoms with E-state index in [1.54, 1.807) is 18.0 Å². The highest BCUT2D eigenvalue weighted by Gasteiger charge is 2.24. The SMILES string of the molecule is CN(C(=O)Nc1cccc(Cl)c1C(=O)O)C1CCCC1. The average molecular weight is 297 g/mol. The molecule has 1 aromatic rings. The van der Waals surface area contributed by atoms with Crippen LogP contribution in [0.1, 0.15) is 36.0 Å². The molecule has 1 aliphatic rings. The maximum atomic E-state index is 12.2. The van der Waals surface area contributed by atoms with Gasteiger partial charge in [0.2, 0.25) is 0 Å². The number of anilines is 1. The van der Waals surface area contributed by atoms with Crippen LogP contribution in [0.25, 0.3) is 0 Å². The van der Waals surface area contributed by atoms with Crippen LogP contribution in [0.15, 0.2) is 18.2 Å². The lowest BCUT2D eigenvalue weighted by Crippen LogP contribution is -2.38. The van der Waals surface area contributed by atoms with Crippen molar-refractivity contribution in [2.24, 2.45) is 0 Å². The van der Waals surface area contributed by atoms with E-state index in [9.17, 15) is 9.59 Å². The summed E-state index contributed by atoms with van der Waals surface area (Å²) in [5.41, 5.74) is 0.141. The van der Waals surface area contributed by atoms with Crippen molar-refractivity contribution in [3.8, 4) is 0 Å². The highest BCUT2D eigenvalue weighted by Crippen LogP contribution is 2.26. The first-order valence-corrected chi connectivity index (χ1v) is 6.94. The summed E-state index contributed by atoms with van der Waals surface area (Å²) < 4.78 is 0. The molecule has 0 aliphatic heterocycles. The van der Waals surface area contributed by atoms with Crippen LogP contribution in [-0.4, -0.2) is 35.1 Å². The van der Waals surface area contributed by atoms with Gasteiger partial charge in [0.05, 0.1) is 10.7 Å². The maximum absolute atomic E-state index is 12.2. The van der Waals surface area contributed by atoms with Gasteiger partial charge in [-0.2, -0.15) is 0 Å². The van der Waals surface area contributed by atoms with Crippen LogP contribution >= 0.6 is 11.6 Å². The molecule has 1 aliphatic carbocycles. The molecule has 1 aromatic carbocycles. The Kier molecular flexibility index (Phi) is 4.49. The number of urea groups is 1. The quantitative estimate of drug-likeness (QED) is 0.897. The lowest BCUT2D eigenvalue weighted by molar-refractivity contribution is 0.0698. The second-order valence-electron chi connectivity index (χ2n) is 4.95. The normalized spacial score (nSPS) is 15.1. The Morgan fingerprint density at radius 3 is 2.60 bits per heavy atom. The van der Waals surface area contributed by atoms with E-state index in [0.717, 1.165) is 25.7 Å². The van der Waals surface area contributed by atoms with E-state index in [1.165, 1.54) is 12.1 Å². The number of benzene rings is 1. The zero-order chi connectivity index (χ0) is 14.7. The average Bonchev–Trinajstić information content (AvgIpc) is 2.91. The van der Waals surface area contributed by atoms with Gasteiger partial charge < -0.3 is 15.3 Å². The number of hydrogen-bond acceptors (Lipinski definition) is 2. The number of hydrogen-bond donors (Lipinski definition) is 2. The summed E-state index contributed by atoms with van der Waals surface area (Å²) in [6, 6.07) is 4.56. The smallest absolute Gasteiger partial charge is 0.339 e. The minimum atomic E-state index is -1.16. The Labute approximate surface area is 122 Å². The minimum Gasteiger partial charge on any atom is -0.478 e. The molecule has 108 valence electrons. The molecule has 2 N–H and O–H groups in total. The Morgan fingerprint density at radius 2 is 2.00 bits per heavy atom. The number of nitrogens with zero attached hydrogens (tertiary/aromatic N) is 1. The van der Waals surface area contributed by atoms with Crippen molar-refractivity contribution in [2.75, 3.05) is 12.4 Å². The number of carboxylic acid groups (broad SMARTS) is 1. The molecule has 2 rings (SSSR count). The topological polar surface area (TPSA) is 69.6 Å². The van der Waals surface area contributed by atoms with Gasteiger partial charge in [0.15, 0.2) is 0 Å². The van der Waals surface area contributed by atoms with Gasteiger partial charge in [-0.05, 0) is 25.0 Å². The molecule has 0 bridgehead atoms. The summed E-state index contributed by atoms with van der Waals surface area (Å²) in [5, 5.41) is 11.9. The van der Waals surface area contributed by atoms with Gasteiger partial charge in [-0.15, -0.1) is 0 Å². The third-order valence-electron chi connectivity index (χ3n) is 3.66. The van der Waals surface area contributed by atoms with Crippen molar-refractivity contribution in [1.82, 2.24) is 4.90 Å². The van der Waals surface area contributed by atoms with E-state index in [0.29, 0.717) is 0 Å². The van der Waals surface area contributed by atoms with Crippen molar-refractivity contribution in [3.05, 3.63) is 28.8 Å². The summed E-state index contributed by atoms with van der Waals surface area (Å²) in [6.07, 6.45) is 4.23. The van der Waals surface area contributed by atoms with Crippen molar-refractivity contribution in [3.63, 3.8) is 0 Å². The Hall–Kier alpha value is -1.75. The maximum Gasteiger partial charge on any atom is 0.339 e. The first kappa shape index (κ1) is 14.7. The van der Waals surface area contributed by atoms with E-state index in [4.69, 9.17) is 16.7 Å². The van der Waals surface area contributed by atoms with Crippen LogP contribution in [0.2, 0.25) is 5.02 Å². The highest BCUT2D eigenvalue weighted by molar-refractivity contribution is 6.34. The predicted octanol–water partition coefficient (Wildman–Crippen LogP) is 3.44.